The molecule has 0 aliphatic carbocycles. The number of thiophene rings is 1. The van der Waals surface area contributed by atoms with Gasteiger partial charge in [0.05, 0.1) is 12.6 Å². The lowest BCUT2D eigenvalue weighted by atomic mass is 10.2. The first-order chi connectivity index (χ1) is 6.63. The Morgan fingerprint density at radius 3 is 3.00 bits per heavy atom. The van der Waals surface area contributed by atoms with Gasteiger partial charge >= 0.3 is 0 Å². The Kier molecular flexibility index (Phi) is 4.57. The van der Waals surface area contributed by atoms with Crippen LogP contribution in [0.15, 0.2) is 15.9 Å². The standard InChI is InChI=1S/C9H13BrN2OS/c1-2-8(11)9(13)12-4-7-3-6(10)5-14-7/h3,5,8H,2,4,11H2,1H3,(H,12,13). The fraction of sp³-hybridized carbons (Fsp3) is 0.444. The summed E-state index contributed by atoms with van der Waals surface area (Å²) >= 11 is 4.96. The molecule has 0 saturated heterocycles. The van der Waals surface area contributed by atoms with Crippen LogP contribution in [0.1, 0.15) is 18.2 Å². The van der Waals surface area contributed by atoms with Crippen molar-refractivity contribution < 1.29 is 4.79 Å². The number of nitrogens with two attached hydrogens (primary N) is 1. The Hall–Kier alpha value is -0.390. The Bertz CT molecular complexity index is 314. The normalized spacial score (nSPS) is 12.5. The second-order valence-corrected chi connectivity index (χ2v) is 4.88. The minimum atomic E-state index is -0.390. The molecule has 0 saturated carbocycles. The molecule has 0 spiro atoms. The van der Waals surface area contributed by atoms with Crippen LogP contribution in [-0.2, 0) is 11.3 Å². The van der Waals surface area contributed by atoms with Crippen LogP contribution in [0.25, 0.3) is 0 Å². The number of halogens is 1. The smallest absolute Gasteiger partial charge is 0.237 e. The van der Waals surface area contributed by atoms with Crippen LogP contribution in [0.3, 0.4) is 0 Å². The van der Waals surface area contributed by atoms with Crippen LogP contribution in [0.2, 0.25) is 0 Å². The van der Waals surface area contributed by atoms with E-state index in [1.54, 1.807) is 11.3 Å². The highest BCUT2D eigenvalue weighted by atomic mass is 79.9. The molecule has 1 amide bonds. The van der Waals surface area contributed by atoms with Gasteiger partial charge in [0.15, 0.2) is 0 Å². The molecule has 0 radical (unpaired) electrons. The first-order valence-corrected chi connectivity index (χ1v) is 6.07. The Labute approximate surface area is 95.8 Å². The van der Waals surface area contributed by atoms with Crippen molar-refractivity contribution >= 4 is 33.2 Å². The van der Waals surface area contributed by atoms with E-state index in [1.807, 2.05) is 18.4 Å². The van der Waals surface area contributed by atoms with Crippen molar-refractivity contribution in [3.8, 4) is 0 Å². The summed E-state index contributed by atoms with van der Waals surface area (Å²) in [5.41, 5.74) is 5.57. The average molecular weight is 277 g/mol. The van der Waals surface area contributed by atoms with Crippen LogP contribution < -0.4 is 11.1 Å². The third kappa shape index (κ3) is 3.40. The Balaban J connectivity index is 2.37. The predicted molar refractivity (Wildman–Crippen MR) is 62.1 cm³/mol. The highest BCUT2D eigenvalue weighted by Crippen LogP contribution is 2.19. The van der Waals surface area contributed by atoms with Gasteiger partial charge < -0.3 is 11.1 Å². The zero-order valence-electron chi connectivity index (χ0n) is 7.92. The zero-order chi connectivity index (χ0) is 10.6. The molecular formula is C9H13BrN2OS. The number of amides is 1. The molecule has 78 valence electrons. The maximum atomic E-state index is 11.3. The molecule has 14 heavy (non-hydrogen) atoms. The van der Waals surface area contributed by atoms with Crippen molar-refractivity contribution in [1.29, 1.82) is 0 Å². The monoisotopic (exact) mass is 276 g/mol. The molecule has 1 aromatic rings. The van der Waals surface area contributed by atoms with Gasteiger partial charge in [0.1, 0.15) is 0 Å². The highest BCUT2D eigenvalue weighted by molar-refractivity contribution is 9.10. The topological polar surface area (TPSA) is 55.1 Å². The van der Waals surface area contributed by atoms with Gasteiger partial charge in [-0.15, -0.1) is 11.3 Å². The lowest BCUT2D eigenvalue weighted by molar-refractivity contribution is -0.122. The van der Waals surface area contributed by atoms with Crippen LogP contribution in [0.5, 0.6) is 0 Å². The molecule has 3 N–H and O–H groups in total. The van der Waals surface area contributed by atoms with E-state index in [4.69, 9.17) is 5.73 Å². The third-order valence-corrected chi connectivity index (χ3v) is 3.53. The molecule has 1 heterocycles. The van der Waals surface area contributed by atoms with Crippen molar-refractivity contribution in [1.82, 2.24) is 5.32 Å². The van der Waals surface area contributed by atoms with Crippen LogP contribution in [-0.4, -0.2) is 11.9 Å². The molecule has 0 fully saturated rings. The lowest BCUT2D eigenvalue weighted by Crippen LogP contribution is -2.39. The quantitative estimate of drug-likeness (QED) is 0.882. The van der Waals surface area contributed by atoms with E-state index in [1.165, 1.54) is 0 Å². The molecule has 1 rings (SSSR count). The summed E-state index contributed by atoms with van der Waals surface area (Å²) in [4.78, 5) is 12.4. The number of hydrogen-bond donors (Lipinski definition) is 2. The summed E-state index contributed by atoms with van der Waals surface area (Å²) in [7, 11) is 0. The first kappa shape index (κ1) is 11.7. The van der Waals surface area contributed by atoms with Crippen molar-refractivity contribution in [3.05, 3.63) is 20.8 Å². The number of carbonyl (C=O) groups excluding carboxylic acids is 1. The van der Waals surface area contributed by atoms with Gasteiger partial charge in [-0.3, -0.25) is 4.79 Å². The van der Waals surface area contributed by atoms with Crippen LogP contribution in [0.4, 0.5) is 0 Å². The summed E-state index contributed by atoms with van der Waals surface area (Å²) in [6, 6.07) is 1.60. The molecule has 1 aromatic heterocycles. The SMILES string of the molecule is CCC(N)C(=O)NCc1cc(Br)cs1. The van der Waals surface area contributed by atoms with Crippen LogP contribution in [0, 0.1) is 0 Å². The summed E-state index contributed by atoms with van der Waals surface area (Å²) in [5, 5.41) is 4.78. The van der Waals surface area contributed by atoms with Gasteiger partial charge in [0.25, 0.3) is 0 Å². The fourth-order valence-corrected chi connectivity index (χ4v) is 2.33. The van der Waals surface area contributed by atoms with Crippen molar-refractivity contribution in [2.24, 2.45) is 5.73 Å². The summed E-state index contributed by atoms with van der Waals surface area (Å²) < 4.78 is 1.05. The van der Waals surface area contributed by atoms with Gasteiger partial charge in [0, 0.05) is 14.7 Å². The molecule has 0 aliphatic rings. The number of carbonyl (C=O) groups is 1. The van der Waals surface area contributed by atoms with E-state index in [0.29, 0.717) is 13.0 Å². The summed E-state index contributed by atoms with van der Waals surface area (Å²) in [5.74, 6) is -0.0861. The van der Waals surface area contributed by atoms with Gasteiger partial charge in [-0.2, -0.15) is 0 Å². The Morgan fingerprint density at radius 2 is 2.50 bits per heavy atom. The zero-order valence-corrected chi connectivity index (χ0v) is 10.3. The lowest BCUT2D eigenvalue weighted by Gasteiger charge is -2.08. The molecule has 5 heteroatoms. The molecule has 3 nitrogen and oxygen atoms in total. The van der Waals surface area contributed by atoms with Crippen molar-refractivity contribution in [2.75, 3.05) is 0 Å². The van der Waals surface area contributed by atoms with Gasteiger partial charge in [-0.25, -0.2) is 0 Å². The van der Waals surface area contributed by atoms with Gasteiger partial charge in [-0.05, 0) is 28.4 Å². The largest absolute Gasteiger partial charge is 0.350 e. The molecule has 1 atom stereocenters. The predicted octanol–water partition coefficient (Wildman–Crippen LogP) is 1.86. The summed E-state index contributed by atoms with van der Waals surface area (Å²) in [6.45, 7) is 2.45. The number of nitrogens with one attached hydrogen (secondary N) is 1. The van der Waals surface area contributed by atoms with E-state index in [-0.39, 0.29) is 5.91 Å². The number of rotatable bonds is 4. The van der Waals surface area contributed by atoms with Crippen LogP contribution >= 0.6 is 27.3 Å². The van der Waals surface area contributed by atoms with Crippen molar-refractivity contribution in [2.45, 2.75) is 25.9 Å². The number of hydrogen-bond acceptors (Lipinski definition) is 3. The van der Waals surface area contributed by atoms with E-state index in [0.717, 1.165) is 9.35 Å². The maximum absolute atomic E-state index is 11.3. The second-order valence-electron chi connectivity index (χ2n) is 2.96. The molecule has 1 unspecified atom stereocenters. The van der Waals surface area contributed by atoms with Gasteiger partial charge in [0.2, 0.25) is 5.91 Å². The van der Waals surface area contributed by atoms with Gasteiger partial charge in [-0.1, -0.05) is 6.92 Å². The van der Waals surface area contributed by atoms with E-state index in [9.17, 15) is 4.79 Å². The molecule has 0 aliphatic heterocycles. The summed E-state index contributed by atoms with van der Waals surface area (Å²) in [6.07, 6.45) is 0.667. The maximum Gasteiger partial charge on any atom is 0.237 e. The fourth-order valence-electron chi connectivity index (χ4n) is 0.937. The Morgan fingerprint density at radius 1 is 1.79 bits per heavy atom. The minimum Gasteiger partial charge on any atom is -0.350 e. The molecular weight excluding hydrogens is 264 g/mol. The third-order valence-electron chi connectivity index (χ3n) is 1.84. The minimum absolute atomic E-state index is 0.0861. The van der Waals surface area contributed by atoms with E-state index in [2.05, 4.69) is 21.2 Å². The van der Waals surface area contributed by atoms with E-state index >= 15 is 0 Å². The molecule has 0 aromatic carbocycles. The molecule has 0 bridgehead atoms. The average Bonchev–Trinajstić information content (AvgIpc) is 2.59. The van der Waals surface area contributed by atoms with E-state index < -0.39 is 6.04 Å². The second kappa shape index (κ2) is 5.48. The first-order valence-electron chi connectivity index (χ1n) is 4.39. The highest BCUT2D eigenvalue weighted by Gasteiger charge is 2.10. The van der Waals surface area contributed by atoms with Crippen molar-refractivity contribution in [3.63, 3.8) is 0 Å².